The molecule has 210 valence electrons. The van der Waals surface area contributed by atoms with E-state index in [1.165, 1.54) is 12.1 Å². The smallest absolute Gasteiger partial charge is 0.256 e. The third kappa shape index (κ3) is 6.00. The van der Waals surface area contributed by atoms with Crippen LogP contribution < -0.4 is 14.9 Å². The molecule has 2 fully saturated rings. The Morgan fingerprint density at radius 1 is 1.21 bits per heavy atom. The number of sulfonamides is 1. The van der Waals surface area contributed by atoms with Gasteiger partial charge in [0.15, 0.2) is 5.65 Å². The topological polar surface area (TPSA) is 112 Å². The molecule has 2 saturated heterocycles. The minimum Gasteiger partial charge on any atom is -0.353 e. The molecule has 2 N–H and O–H groups in total. The molecule has 0 radical (unpaired) electrons. The average Bonchev–Trinajstić information content (AvgIpc) is 3.30. The van der Waals surface area contributed by atoms with Gasteiger partial charge in [0.05, 0.1) is 29.2 Å². The fourth-order valence-electron chi connectivity index (χ4n) is 5.54. The normalized spacial score (nSPS) is 20.6. The number of carbonyl (C=O) groups excluding carboxylic acids is 1. The van der Waals surface area contributed by atoms with Crippen molar-refractivity contribution in [3.63, 3.8) is 0 Å². The Hall–Kier alpha value is -2.89. The van der Waals surface area contributed by atoms with Gasteiger partial charge in [-0.05, 0) is 50.3 Å². The van der Waals surface area contributed by atoms with E-state index in [1.54, 1.807) is 15.5 Å². The monoisotopic (exact) mass is 573 g/mol. The van der Waals surface area contributed by atoms with Gasteiger partial charge in [-0.3, -0.25) is 9.52 Å². The van der Waals surface area contributed by atoms with Gasteiger partial charge < -0.3 is 15.1 Å². The quantitative estimate of drug-likeness (QED) is 0.460. The highest BCUT2D eigenvalue weighted by molar-refractivity contribution is 7.92. The summed E-state index contributed by atoms with van der Waals surface area (Å²) in [6.07, 6.45) is 5.63. The lowest BCUT2D eigenvalue weighted by molar-refractivity contribution is 0.0607. The Bertz CT molecular complexity index is 1490. The van der Waals surface area contributed by atoms with E-state index < -0.39 is 10.0 Å². The first-order valence-corrected chi connectivity index (χ1v) is 15.7. The molecule has 3 aromatic rings. The van der Waals surface area contributed by atoms with Crippen LogP contribution in [-0.2, 0) is 10.0 Å². The average molecular weight is 574 g/mol. The molecule has 1 aromatic carbocycles. The molecule has 0 saturated carbocycles. The summed E-state index contributed by atoms with van der Waals surface area (Å²) in [5.41, 5.74) is 2.99. The second-order valence-corrected chi connectivity index (χ2v) is 13.1. The van der Waals surface area contributed by atoms with E-state index in [0.717, 1.165) is 67.9 Å². The fraction of sp³-hybridized carbons (Fsp3) is 0.519. The van der Waals surface area contributed by atoms with Crippen LogP contribution in [0.15, 0.2) is 30.5 Å². The van der Waals surface area contributed by atoms with Crippen molar-refractivity contribution in [2.24, 2.45) is 5.92 Å². The summed E-state index contributed by atoms with van der Waals surface area (Å²) in [5, 5.41) is 8.80. The minimum atomic E-state index is -3.58. The zero-order valence-corrected chi connectivity index (χ0v) is 24.4. The first-order valence-electron chi connectivity index (χ1n) is 13.4. The lowest BCUT2D eigenvalue weighted by atomic mass is 9.98. The molecule has 0 aliphatic carbocycles. The highest BCUT2D eigenvalue weighted by Crippen LogP contribution is 2.34. The fourth-order valence-corrected chi connectivity index (χ4v) is 6.29. The van der Waals surface area contributed by atoms with E-state index in [4.69, 9.17) is 21.7 Å². The highest BCUT2D eigenvalue weighted by Gasteiger charge is 2.32. The first-order chi connectivity index (χ1) is 18.5. The Balaban J connectivity index is 1.46. The highest BCUT2D eigenvalue weighted by atomic mass is 35.5. The number of hydrogen-bond acceptors (Lipinski definition) is 7. The summed E-state index contributed by atoms with van der Waals surface area (Å²) in [7, 11) is -3.58. The van der Waals surface area contributed by atoms with Gasteiger partial charge in [-0.2, -0.15) is 5.10 Å². The van der Waals surface area contributed by atoms with Crippen LogP contribution in [0.5, 0.6) is 0 Å². The molecule has 2 aromatic heterocycles. The largest absolute Gasteiger partial charge is 0.353 e. The van der Waals surface area contributed by atoms with Gasteiger partial charge in [0.25, 0.3) is 5.91 Å². The molecule has 39 heavy (non-hydrogen) atoms. The van der Waals surface area contributed by atoms with Crippen molar-refractivity contribution in [3.05, 3.63) is 52.3 Å². The predicted octanol–water partition coefficient (Wildman–Crippen LogP) is 3.86. The van der Waals surface area contributed by atoms with E-state index in [9.17, 15) is 13.2 Å². The number of benzene rings is 1. The Labute approximate surface area is 234 Å². The number of piperidine rings is 1. The van der Waals surface area contributed by atoms with Gasteiger partial charge in [-0.15, -0.1) is 0 Å². The molecule has 0 bridgehead atoms. The number of fused-ring (bicyclic) bond motifs is 1. The number of nitrogens with zero attached hydrogens (tertiary/aromatic N) is 5. The molecular weight excluding hydrogens is 538 g/mol. The van der Waals surface area contributed by atoms with Gasteiger partial charge in [0.2, 0.25) is 10.0 Å². The van der Waals surface area contributed by atoms with Crippen molar-refractivity contribution in [2.45, 2.75) is 52.1 Å². The van der Waals surface area contributed by atoms with Crippen LogP contribution in [0.4, 0.5) is 11.5 Å². The van der Waals surface area contributed by atoms with Crippen molar-refractivity contribution in [2.75, 3.05) is 42.1 Å². The van der Waals surface area contributed by atoms with Crippen molar-refractivity contribution < 1.29 is 13.2 Å². The number of carbonyl (C=O) groups is 1. The SMILES string of the molecule is Cc1cn2nc(C3CCCCN3C(=O)c3cc(Cl)ccc3NS(C)(=O)=O)cc2nc1N1CCNC(C(C)C)C1. The van der Waals surface area contributed by atoms with E-state index in [-0.39, 0.29) is 23.2 Å². The lowest BCUT2D eigenvalue weighted by Crippen LogP contribution is -2.53. The lowest BCUT2D eigenvalue weighted by Gasteiger charge is -2.37. The third-order valence-corrected chi connectivity index (χ3v) is 8.37. The van der Waals surface area contributed by atoms with Gasteiger partial charge in [0.1, 0.15) is 5.82 Å². The van der Waals surface area contributed by atoms with E-state index in [1.807, 2.05) is 12.3 Å². The molecule has 2 aliphatic rings. The van der Waals surface area contributed by atoms with Crippen LogP contribution in [0.25, 0.3) is 5.65 Å². The number of nitrogens with one attached hydrogen (secondary N) is 2. The zero-order chi connectivity index (χ0) is 27.9. The molecule has 0 spiro atoms. The third-order valence-electron chi connectivity index (χ3n) is 7.55. The van der Waals surface area contributed by atoms with Crippen LogP contribution in [0, 0.1) is 12.8 Å². The number of aryl methyl sites for hydroxylation is 1. The number of likely N-dealkylation sites (tertiary alicyclic amines) is 1. The van der Waals surface area contributed by atoms with Crippen LogP contribution >= 0.6 is 11.6 Å². The molecule has 2 atom stereocenters. The van der Waals surface area contributed by atoms with Crippen molar-refractivity contribution in [3.8, 4) is 0 Å². The van der Waals surface area contributed by atoms with E-state index >= 15 is 0 Å². The van der Waals surface area contributed by atoms with Gasteiger partial charge in [0, 0.05) is 55.1 Å². The number of hydrogen-bond donors (Lipinski definition) is 2. The van der Waals surface area contributed by atoms with Crippen LogP contribution in [0.1, 0.15) is 60.8 Å². The number of halogens is 1. The Morgan fingerprint density at radius 3 is 2.74 bits per heavy atom. The Kier molecular flexibility index (Phi) is 7.76. The van der Waals surface area contributed by atoms with Crippen LogP contribution in [0.2, 0.25) is 5.02 Å². The van der Waals surface area contributed by atoms with Gasteiger partial charge in [-0.25, -0.2) is 17.9 Å². The summed E-state index contributed by atoms with van der Waals surface area (Å²) in [5.74, 6) is 1.21. The molecule has 10 nitrogen and oxygen atoms in total. The van der Waals surface area contributed by atoms with E-state index in [0.29, 0.717) is 23.5 Å². The number of rotatable bonds is 6. The molecule has 2 aliphatic heterocycles. The molecule has 1 amide bonds. The first kappa shape index (κ1) is 27.7. The van der Waals surface area contributed by atoms with E-state index in [2.05, 4.69) is 35.7 Å². The van der Waals surface area contributed by atoms with Crippen molar-refractivity contribution in [1.82, 2.24) is 24.8 Å². The van der Waals surface area contributed by atoms with Crippen molar-refractivity contribution >= 4 is 44.7 Å². The maximum atomic E-state index is 13.8. The summed E-state index contributed by atoms with van der Waals surface area (Å²) in [6, 6.07) is 6.72. The number of amides is 1. The summed E-state index contributed by atoms with van der Waals surface area (Å²) in [6.45, 7) is 9.76. The molecule has 4 heterocycles. The summed E-state index contributed by atoms with van der Waals surface area (Å²) in [4.78, 5) is 23.0. The second kappa shape index (κ2) is 10.9. The predicted molar refractivity (Wildman–Crippen MR) is 154 cm³/mol. The van der Waals surface area contributed by atoms with Crippen LogP contribution in [-0.4, -0.2) is 72.3 Å². The van der Waals surface area contributed by atoms with Crippen LogP contribution in [0.3, 0.4) is 0 Å². The standard InChI is InChI=1S/C27H36ClN7O3S/c1-17(2)23-16-33(12-10-29-23)26-18(3)15-35-25(30-26)14-22(31-35)24-7-5-6-11-34(24)27(36)20-13-19(28)8-9-21(20)32-39(4,37)38/h8-9,13-15,17,23-24,29,32H,5-7,10-12,16H2,1-4H3. The molecule has 2 unspecified atom stereocenters. The molecular formula is C27H36ClN7O3S. The molecule has 12 heteroatoms. The number of anilines is 2. The van der Waals surface area contributed by atoms with Crippen molar-refractivity contribution in [1.29, 1.82) is 0 Å². The number of piperazine rings is 1. The van der Waals surface area contributed by atoms with Gasteiger partial charge in [-0.1, -0.05) is 25.4 Å². The Morgan fingerprint density at radius 2 is 2.00 bits per heavy atom. The van der Waals surface area contributed by atoms with Gasteiger partial charge >= 0.3 is 0 Å². The second-order valence-electron chi connectivity index (χ2n) is 10.9. The molecule has 5 rings (SSSR count). The maximum Gasteiger partial charge on any atom is 0.256 e. The summed E-state index contributed by atoms with van der Waals surface area (Å²) < 4.78 is 28.1. The number of aromatic nitrogens is 3. The summed E-state index contributed by atoms with van der Waals surface area (Å²) >= 11 is 6.22. The zero-order valence-electron chi connectivity index (χ0n) is 22.8. The minimum absolute atomic E-state index is 0.212. The maximum absolute atomic E-state index is 13.8.